The van der Waals surface area contributed by atoms with E-state index in [0.29, 0.717) is 0 Å². The summed E-state index contributed by atoms with van der Waals surface area (Å²) in [5.74, 6) is 1.72. The summed E-state index contributed by atoms with van der Waals surface area (Å²) in [6.45, 7) is 4.86. The van der Waals surface area contributed by atoms with E-state index in [4.69, 9.17) is 4.74 Å². The van der Waals surface area contributed by atoms with Crippen LogP contribution in [-0.4, -0.2) is 21.9 Å². The summed E-state index contributed by atoms with van der Waals surface area (Å²) in [4.78, 5) is 4.28. The SMILES string of the molecule is CCn1ncnc1-c1cccc(C)c1OC. The van der Waals surface area contributed by atoms with Crippen LogP contribution in [0, 0.1) is 6.92 Å². The van der Waals surface area contributed by atoms with Crippen molar-refractivity contribution in [3.63, 3.8) is 0 Å². The van der Waals surface area contributed by atoms with Crippen LogP contribution in [0.25, 0.3) is 11.4 Å². The number of ether oxygens (including phenoxy) is 1. The lowest BCUT2D eigenvalue weighted by Crippen LogP contribution is -2.01. The summed E-state index contributed by atoms with van der Waals surface area (Å²) in [6.07, 6.45) is 1.57. The maximum atomic E-state index is 5.42. The number of hydrogen-bond acceptors (Lipinski definition) is 3. The number of para-hydroxylation sites is 1. The molecule has 0 unspecified atom stereocenters. The first-order valence-electron chi connectivity index (χ1n) is 5.29. The number of nitrogens with zero attached hydrogens (tertiary/aromatic N) is 3. The zero-order valence-electron chi connectivity index (χ0n) is 9.77. The van der Waals surface area contributed by atoms with Crippen LogP contribution in [0.15, 0.2) is 24.5 Å². The fourth-order valence-corrected chi connectivity index (χ4v) is 1.80. The normalized spacial score (nSPS) is 10.4. The lowest BCUT2D eigenvalue weighted by atomic mass is 10.1. The van der Waals surface area contributed by atoms with Gasteiger partial charge >= 0.3 is 0 Å². The van der Waals surface area contributed by atoms with E-state index >= 15 is 0 Å². The van der Waals surface area contributed by atoms with E-state index in [1.165, 1.54) is 0 Å². The third-order valence-electron chi connectivity index (χ3n) is 2.57. The highest BCUT2D eigenvalue weighted by Gasteiger charge is 2.12. The molecule has 0 saturated heterocycles. The molecule has 0 N–H and O–H groups in total. The predicted octanol–water partition coefficient (Wildman–Crippen LogP) is 2.28. The van der Waals surface area contributed by atoms with Crippen LogP contribution in [-0.2, 0) is 6.54 Å². The summed E-state index contributed by atoms with van der Waals surface area (Å²) in [5, 5.41) is 4.17. The Morgan fingerprint density at radius 3 is 2.88 bits per heavy atom. The van der Waals surface area contributed by atoms with E-state index in [2.05, 4.69) is 10.1 Å². The van der Waals surface area contributed by atoms with Gasteiger partial charge in [0.2, 0.25) is 0 Å². The molecular weight excluding hydrogens is 202 g/mol. The fraction of sp³-hybridized carbons (Fsp3) is 0.333. The second kappa shape index (κ2) is 4.35. The van der Waals surface area contributed by atoms with Crippen LogP contribution in [0.2, 0.25) is 0 Å². The molecule has 0 bridgehead atoms. The van der Waals surface area contributed by atoms with E-state index in [1.807, 2.05) is 36.7 Å². The van der Waals surface area contributed by atoms with Gasteiger partial charge in [-0.25, -0.2) is 9.67 Å². The molecule has 16 heavy (non-hydrogen) atoms. The average Bonchev–Trinajstić information content (AvgIpc) is 2.76. The standard InChI is InChI=1S/C12H15N3O/c1-4-15-12(13-8-14-15)10-7-5-6-9(2)11(10)16-3/h5-8H,4H2,1-3H3. The number of hydrogen-bond donors (Lipinski definition) is 0. The van der Waals surface area contributed by atoms with E-state index < -0.39 is 0 Å². The molecule has 1 aromatic heterocycles. The van der Waals surface area contributed by atoms with Crippen LogP contribution in [0.1, 0.15) is 12.5 Å². The lowest BCUT2D eigenvalue weighted by molar-refractivity contribution is 0.412. The van der Waals surface area contributed by atoms with Gasteiger partial charge in [0.25, 0.3) is 0 Å². The molecule has 2 aromatic rings. The minimum atomic E-state index is 0.798. The quantitative estimate of drug-likeness (QED) is 0.791. The van der Waals surface area contributed by atoms with E-state index in [9.17, 15) is 0 Å². The van der Waals surface area contributed by atoms with Gasteiger partial charge in [0.05, 0.1) is 12.7 Å². The molecule has 2 rings (SSSR count). The maximum absolute atomic E-state index is 5.42. The fourth-order valence-electron chi connectivity index (χ4n) is 1.80. The van der Waals surface area contributed by atoms with Crippen molar-refractivity contribution in [1.82, 2.24) is 14.8 Å². The Kier molecular flexibility index (Phi) is 2.90. The molecular formula is C12H15N3O. The second-order valence-corrected chi connectivity index (χ2v) is 3.56. The second-order valence-electron chi connectivity index (χ2n) is 3.56. The van der Waals surface area contributed by atoms with Crippen LogP contribution >= 0.6 is 0 Å². The molecule has 0 spiro atoms. The van der Waals surface area contributed by atoms with Crippen LogP contribution in [0.3, 0.4) is 0 Å². The number of aryl methyl sites for hydroxylation is 2. The summed E-state index contributed by atoms with van der Waals surface area (Å²) in [5.41, 5.74) is 2.09. The maximum Gasteiger partial charge on any atom is 0.161 e. The monoisotopic (exact) mass is 217 g/mol. The molecule has 1 aromatic carbocycles. The van der Waals surface area contributed by atoms with Gasteiger partial charge in [0.1, 0.15) is 12.1 Å². The zero-order valence-corrected chi connectivity index (χ0v) is 9.77. The molecule has 0 aliphatic carbocycles. The molecule has 0 saturated carbocycles. The van der Waals surface area contributed by atoms with Gasteiger partial charge in [-0.05, 0) is 25.5 Å². The van der Waals surface area contributed by atoms with Gasteiger partial charge in [0, 0.05) is 6.54 Å². The Labute approximate surface area is 94.9 Å². The molecule has 84 valence electrons. The van der Waals surface area contributed by atoms with Crippen LogP contribution in [0.5, 0.6) is 5.75 Å². The Hall–Kier alpha value is -1.84. The van der Waals surface area contributed by atoms with E-state index in [0.717, 1.165) is 29.2 Å². The van der Waals surface area contributed by atoms with Crippen molar-refractivity contribution in [2.24, 2.45) is 0 Å². The number of aromatic nitrogens is 3. The van der Waals surface area contributed by atoms with Gasteiger partial charge < -0.3 is 4.74 Å². The zero-order chi connectivity index (χ0) is 11.5. The molecule has 0 radical (unpaired) electrons. The minimum absolute atomic E-state index is 0.798. The van der Waals surface area contributed by atoms with Crippen LogP contribution in [0.4, 0.5) is 0 Å². The first-order valence-corrected chi connectivity index (χ1v) is 5.29. The summed E-state index contributed by atoms with van der Waals surface area (Å²) >= 11 is 0. The Morgan fingerprint density at radius 1 is 1.38 bits per heavy atom. The van der Waals surface area contributed by atoms with Crippen molar-refractivity contribution in [3.8, 4) is 17.1 Å². The number of methoxy groups -OCH3 is 1. The topological polar surface area (TPSA) is 39.9 Å². The third kappa shape index (κ3) is 1.66. The van der Waals surface area contributed by atoms with Crippen molar-refractivity contribution in [2.75, 3.05) is 7.11 Å². The van der Waals surface area contributed by atoms with Gasteiger partial charge in [-0.1, -0.05) is 12.1 Å². The minimum Gasteiger partial charge on any atom is -0.496 e. The molecule has 4 nitrogen and oxygen atoms in total. The van der Waals surface area contributed by atoms with Crippen molar-refractivity contribution in [2.45, 2.75) is 20.4 Å². The lowest BCUT2D eigenvalue weighted by Gasteiger charge is -2.10. The van der Waals surface area contributed by atoms with Crippen molar-refractivity contribution in [1.29, 1.82) is 0 Å². The first kappa shape index (κ1) is 10.7. The van der Waals surface area contributed by atoms with Gasteiger partial charge in [-0.2, -0.15) is 5.10 Å². The molecule has 1 heterocycles. The molecule has 0 amide bonds. The third-order valence-corrected chi connectivity index (χ3v) is 2.57. The summed E-state index contributed by atoms with van der Waals surface area (Å²) in [6, 6.07) is 6.03. The largest absolute Gasteiger partial charge is 0.496 e. The van der Waals surface area contributed by atoms with Gasteiger partial charge in [0.15, 0.2) is 5.82 Å². The Balaban J connectivity index is 2.60. The number of rotatable bonds is 3. The predicted molar refractivity (Wildman–Crippen MR) is 62.4 cm³/mol. The smallest absolute Gasteiger partial charge is 0.161 e. The van der Waals surface area contributed by atoms with Crippen molar-refractivity contribution < 1.29 is 4.74 Å². The molecule has 0 fully saturated rings. The molecule has 0 atom stereocenters. The highest BCUT2D eigenvalue weighted by atomic mass is 16.5. The Morgan fingerprint density at radius 2 is 2.19 bits per heavy atom. The highest BCUT2D eigenvalue weighted by molar-refractivity contribution is 5.66. The molecule has 0 aliphatic rings. The van der Waals surface area contributed by atoms with Gasteiger partial charge in [-0.3, -0.25) is 0 Å². The molecule has 0 aliphatic heterocycles. The Bertz CT molecular complexity index is 491. The highest BCUT2D eigenvalue weighted by Crippen LogP contribution is 2.30. The van der Waals surface area contributed by atoms with Crippen molar-refractivity contribution in [3.05, 3.63) is 30.1 Å². The number of benzene rings is 1. The van der Waals surface area contributed by atoms with Crippen LogP contribution < -0.4 is 4.74 Å². The van der Waals surface area contributed by atoms with Gasteiger partial charge in [-0.15, -0.1) is 0 Å². The average molecular weight is 217 g/mol. The summed E-state index contributed by atoms with van der Waals surface area (Å²) < 4.78 is 7.28. The first-order chi connectivity index (χ1) is 7.77. The summed E-state index contributed by atoms with van der Waals surface area (Å²) in [7, 11) is 1.68. The van der Waals surface area contributed by atoms with Crippen molar-refractivity contribution >= 4 is 0 Å². The van der Waals surface area contributed by atoms with E-state index in [-0.39, 0.29) is 0 Å². The molecule has 4 heteroatoms. The van der Waals surface area contributed by atoms with E-state index in [1.54, 1.807) is 13.4 Å².